The lowest BCUT2D eigenvalue weighted by molar-refractivity contribution is -0.127. The summed E-state index contributed by atoms with van der Waals surface area (Å²) in [7, 11) is 0. The minimum atomic E-state index is -1.24. The normalized spacial score (nSPS) is 17.1. The zero-order valence-electron chi connectivity index (χ0n) is 17.1. The molecule has 11 nitrogen and oxygen atoms in total. The first-order valence-corrected chi connectivity index (χ1v) is 9.44. The Morgan fingerprint density at radius 1 is 0.586 bits per heavy atom. The number of hydrogen-bond acceptors (Lipinski definition) is 11. The molecule has 1 saturated heterocycles. The lowest BCUT2D eigenvalue weighted by Crippen LogP contribution is -2.45. The van der Waals surface area contributed by atoms with Crippen LogP contribution in [0.2, 0.25) is 0 Å². The Bertz CT molecular complexity index is 347. The molecule has 0 amide bonds. The third kappa shape index (κ3) is 9.94. The van der Waals surface area contributed by atoms with Crippen molar-refractivity contribution in [2.45, 2.75) is 13.0 Å². The van der Waals surface area contributed by atoms with Crippen LogP contribution < -0.4 is 0 Å². The van der Waals surface area contributed by atoms with Crippen molar-refractivity contribution in [1.82, 2.24) is 0 Å². The van der Waals surface area contributed by atoms with E-state index in [2.05, 4.69) is 6.92 Å². The quantitative estimate of drug-likeness (QED) is 0.112. The first-order chi connectivity index (χ1) is 13.8. The molecule has 0 aromatic rings. The van der Waals surface area contributed by atoms with E-state index in [-0.39, 0.29) is 26.4 Å². The van der Waals surface area contributed by atoms with Crippen LogP contribution in [0.3, 0.4) is 0 Å². The third-order valence-corrected chi connectivity index (χ3v) is 4.82. The smallest absolute Gasteiger partial charge is 0.0781 e. The maximum Gasteiger partial charge on any atom is 0.0781 e. The summed E-state index contributed by atoms with van der Waals surface area (Å²) in [5, 5.41) is 74.6. The number of epoxide rings is 1. The van der Waals surface area contributed by atoms with E-state index in [4.69, 9.17) is 14.2 Å². The van der Waals surface area contributed by atoms with Gasteiger partial charge < -0.3 is 55.1 Å². The van der Waals surface area contributed by atoms with Crippen LogP contribution in [0.1, 0.15) is 6.92 Å². The summed E-state index contributed by atoms with van der Waals surface area (Å²) < 4.78 is 15.4. The van der Waals surface area contributed by atoms with E-state index in [1.165, 1.54) is 0 Å². The van der Waals surface area contributed by atoms with Crippen LogP contribution in [0.4, 0.5) is 0 Å². The average Bonchev–Trinajstić information content (AvgIpc) is 3.56. The Labute approximate surface area is 171 Å². The highest BCUT2D eigenvalue weighted by Crippen LogP contribution is 2.23. The first kappa shape index (κ1) is 28.6. The standard InChI is InChI=1S/C15H32O10.C3H6O/c16-1-13(2-17,3-18)9-24-11-15(7-22,8-23)12-25-10-14(4-19,5-20)6-21;1-3-2-4-3/h16-23H,1-12H2;3H,2H2,1H3. The van der Waals surface area contributed by atoms with Gasteiger partial charge >= 0.3 is 0 Å². The molecular formula is C18H38O11. The largest absolute Gasteiger partial charge is 0.396 e. The fraction of sp³-hybridized carbons (Fsp3) is 1.00. The molecule has 11 heteroatoms. The Kier molecular flexibility index (Phi) is 14.3. The van der Waals surface area contributed by atoms with E-state index in [0.29, 0.717) is 6.10 Å². The number of hydrogen-bond donors (Lipinski definition) is 8. The third-order valence-electron chi connectivity index (χ3n) is 4.82. The zero-order chi connectivity index (χ0) is 22.4. The van der Waals surface area contributed by atoms with Gasteiger partial charge in [-0.2, -0.15) is 0 Å². The second-order valence-electron chi connectivity index (χ2n) is 7.89. The molecule has 1 atom stereocenters. The molecule has 1 aliphatic rings. The maximum atomic E-state index is 9.56. The molecule has 1 aliphatic heterocycles. The van der Waals surface area contributed by atoms with Gasteiger partial charge in [0, 0.05) is 0 Å². The SMILES string of the molecule is CC1CO1.OCC(CO)(CO)COCC(CO)(CO)COCC(CO)(CO)CO. The Morgan fingerprint density at radius 3 is 0.966 bits per heavy atom. The Balaban J connectivity index is 0.00000172. The minimum absolute atomic E-state index is 0.188. The topological polar surface area (TPSA) is 193 Å². The summed E-state index contributed by atoms with van der Waals surface area (Å²) in [6.07, 6.45) is 0.583. The monoisotopic (exact) mass is 430 g/mol. The summed E-state index contributed by atoms with van der Waals surface area (Å²) >= 11 is 0. The van der Waals surface area contributed by atoms with Gasteiger partial charge in [0.15, 0.2) is 0 Å². The molecular weight excluding hydrogens is 392 g/mol. The van der Waals surface area contributed by atoms with Crippen molar-refractivity contribution in [3.8, 4) is 0 Å². The van der Waals surface area contributed by atoms with Gasteiger partial charge in [0.05, 0.1) is 108 Å². The van der Waals surface area contributed by atoms with Crippen molar-refractivity contribution in [2.24, 2.45) is 16.2 Å². The van der Waals surface area contributed by atoms with Crippen LogP contribution in [-0.2, 0) is 14.2 Å². The van der Waals surface area contributed by atoms with Crippen LogP contribution in [0.15, 0.2) is 0 Å². The van der Waals surface area contributed by atoms with Crippen molar-refractivity contribution in [3.05, 3.63) is 0 Å². The molecule has 1 fully saturated rings. The highest BCUT2D eigenvalue weighted by atomic mass is 16.6. The van der Waals surface area contributed by atoms with Gasteiger partial charge in [0.1, 0.15) is 0 Å². The van der Waals surface area contributed by atoms with Crippen LogP contribution in [0, 0.1) is 16.2 Å². The number of ether oxygens (including phenoxy) is 3. The molecule has 176 valence electrons. The molecule has 8 N–H and O–H groups in total. The van der Waals surface area contributed by atoms with Gasteiger partial charge in [-0.3, -0.25) is 0 Å². The highest BCUT2D eigenvalue weighted by Gasteiger charge is 2.35. The molecule has 0 saturated carbocycles. The van der Waals surface area contributed by atoms with Crippen molar-refractivity contribution >= 4 is 0 Å². The lowest BCUT2D eigenvalue weighted by atomic mass is 9.90. The van der Waals surface area contributed by atoms with E-state index in [9.17, 15) is 40.9 Å². The molecule has 1 rings (SSSR count). The van der Waals surface area contributed by atoms with Crippen LogP contribution in [-0.4, -0.2) is 133 Å². The first-order valence-electron chi connectivity index (χ1n) is 9.44. The van der Waals surface area contributed by atoms with E-state index in [1.54, 1.807) is 0 Å². The fourth-order valence-corrected chi connectivity index (χ4v) is 1.91. The maximum absolute atomic E-state index is 9.56. The van der Waals surface area contributed by atoms with Gasteiger partial charge in [-0.1, -0.05) is 0 Å². The lowest BCUT2D eigenvalue weighted by Gasteiger charge is -2.34. The van der Waals surface area contributed by atoms with Crippen molar-refractivity contribution in [3.63, 3.8) is 0 Å². The van der Waals surface area contributed by atoms with E-state index in [1.807, 2.05) is 0 Å². The fourth-order valence-electron chi connectivity index (χ4n) is 1.91. The molecule has 0 aromatic carbocycles. The summed E-state index contributed by atoms with van der Waals surface area (Å²) in [4.78, 5) is 0. The predicted molar refractivity (Wildman–Crippen MR) is 101 cm³/mol. The second kappa shape index (κ2) is 14.5. The minimum Gasteiger partial charge on any atom is -0.396 e. The van der Waals surface area contributed by atoms with Crippen LogP contribution in [0.25, 0.3) is 0 Å². The molecule has 1 unspecified atom stereocenters. The van der Waals surface area contributed by atoms with Crippen LogP contribution in [0.5, 0.6) is 0 Å². The van der Waals surface area contributed by atoms with Crippen LogP contribution >= 0.6 is 0 Å². The molecule has 0 aromatic heterocycles. The Morgan fingerprint density at radius 2 is 0.793 bits per heavy atom. The average molecular weight is 430 g/mol. The van der Waals surface area contributed by atoms with Crippen molar-refractivity contribution in [1.29, 1.82) is 0 Å². The van der Waals surface area contributed by atoms with Gasteiger partial charge in [0.2, 0.25) is 0 Å². The van der Waals surface area contributed by atoms with E-state index in [0.717, 1.165) is 6.61 Å². The van der Waals surface area contributed by atoms with Gasteiger partial charge in [-0.05, 0) is 6.92 Å². The van der Waals surface area contributed by atoms with Crippen molar-refractivity contribution in [2.75, 3.05) is 85.9 Å². The number of aliphatic hydroxyl groups is 8. The summed E-state index contributed by atoms with van der Waals surface area (Å²) in [6, 6.07) is 0. The Hall–Kier alpha value is -0.440. The summed E-state index contributed by atoms with van der Waals surface area (Å²) in [5.74, 6) is 0. The highest BCUT2D eigenvalue weighted by molar-refractivity contribution is 4.82. The number of rotatable bonds is 16. The summed E-state index contributed by atoms with van der Waals surface area (Å²) in [5.41, 5.74) is -3.69. The molecule has 0 spiro atoms. The summed E-state index contributed by atoms with van der Waals surface area (Å²) in [6.45, 7) is -1.78. The molecule has 0 aliphatic carbocycles. The molecule has 0 bridgehead atoms. The zero-order valence-corrected chi connectivity index (χ0v) is 17.1. The van der Waals surface area contributed by atoms with Gasteiger partial charge in [-0.15, -0.1) is 0 Å². The van der Waals surface area contributed by atoms with Crippen molar-refractivity contribution < 1.29 is 55.1 Å². The number of aliphatic hydroxyl groups excluding tert-OH is 8. The van der Waals surface area contributed by atoms with Gasteiger partial charge in [0.25, 0.3) is 0 Å². The molecule has 1 heterocycles. The molecule has 29 heavy (non-hydrogen) atoms. The molecule has 0 radical (unpaired) electrons. The van der Waals surface area contributed by atoms with E-state index < -0.39 is 69.1 Å². The van der Waals surface area contributed by atoms with Gasteiger partial charge in [-0.25, -0.2) is 0 Å². The predicted octanol–water partition coefficient (Wildman–Crippen LogP) is -3.68. The second-order valence-corrected chi connectivity index (χ2v) is 7.89. The van der Waals surface area contributed by atoms with E-state index >= 15 is 0 Å².